The highest BCUT2D eigenvalue weighted by Crippen LogP contribution is 2.28. The molecule has 2 aromatic rings. The van der Waals surface area contributed by atoms with Gasteiger partial charge in [0.2, 0.25) is 0 Å². The van der Waals surface area contributed by atoms with Crippen molar-refractivity contribution in [3.8, 4) is 11.5 Å². The number of halogens is 1. The van der Waals surface area contributed by atoms with Gasteiger partial charge in [0.05, 0.1) is 7.11 Å². The molecule has 2 aromatic carbocycles. The third-order valence-corrected chi connectivity index (χ3v) is 3.87. The van der Waals surface area contributed by atoms with Crippen LogP contribution in [0.5, 0.6) is 11.5 Å². The molecule has 0 radical (unpaired) electrons. The average Bonchev–Trinajstić information content (AvgIpc) is 2.70. The lowest BCUT2D eigenvalue weighted by Crippen LogP contribution is -2.29. The van der Waals surface area contributed by atoms with E-state index in [1.54, 1.807) is 30.3 Å². The zero-order chi connectivity index (χ0) is 20.4. The lowest BCUT2D eigenvalue weighted by molar-refractivity contribution is -0.150. The van der Waals surface area contributed by atoms with Gasteiger partial charge < -0.3 is 19.5 Å². The summed E-state index contributed by atoms with van der Waals surface area (Å²) in [5.74, 6) is -0.153. The molecule has 0 spiro atoms. The molecule has 1 amide bonds. The van der Waals surface area contributed by atoms with Crippen LogP contribution in [0.1, 0.15) is 18.1 Å². The first kappa shape index (κ1) is 21.3. The van der Waals surface area contributed by atoms with Gasteiger partial charge >= 0.3 is 5.97 Å². The number of carbonyl (C=O) groups excluding carboxylic acids is 2. The topological polar surface area (TPSA) is 73.9 Å². The number of amides is 1. The van der Waals surface area contributed by atoms with Crippen LogP contribution in [0.3, 0.4) is 0 Å². The number of allylic oxidation sites excluding steroid dienone is 1. The van der Waals surface area contributed by atoms with Gasteiger partial charge in [-0.05, 0) is 42.3 Å². The normalized spacial score (nSPS) is 10.5. The highest BCUT2D eigenvalue weighted by Gasteiger charge is 2.11. The van der Waals surface area contributed by atoms with Crippen LogP contribution in [0.15, 0.2) is 48.5 Å². The minimum Gasteiger partial charge on any atom is -0.493 e. The van der Waals surface area contributed by atoms with Gasteiger partial charge in [-0.1, -0.05) is 42.0 Å². The van der Waals surface area contributed by atoms with Gasteiger partial charge in [0.15, 0.2) is 24.7 Å². The summed E-state index contributed by atoms with van der Waals surface area (Å²) < 4.78 is 15.6. The molecule has 0 fully saturated rings. The Kier molecular flexibility index (Phi) is 8.37. The molecule has 0 heterocycles. The van der Waals surface area contributed by atoms with E-state index in [1.165, 1.54) is 7.11 Å². The second-order valence-corrected chi connectivity index (χ2v) is 6.20. The Morgan fingerprint density at radius 3 is 2.64 bits per heavy atom. The number of ether oxygens (including phenoxy) is 3. The Labute approximate surface area is 169 Å². The Balaban J connectivity index is 1.75. The van der Waals surface area contributed by atoms with Crippen LogP contribution in [-0.2, 0) is 20.9 Å². The first-order valence-corrected chi connectivity index (χ1v) is 9.00. The first-order chi connectivity index (χ1) is 13.5. The molecule has 0 aromatic heterocycles. The second kappa shape index (κ2) is 11.0. The van der Waals surface area contributed by atoms with Gasteiger partial charge in [-0.2, -0.15) is 0 Å². The van der Waals surface area contributed by atoms with Crippen LogP contribution in [0.4, 0.5) is 0 Å². The summed E-state index contributed by atoms with van der Waals surface area (Å²) in [6.45, 7) is 1.49. The quantitative estimate of drug-likeness (QED) is 0.647. The standard InChI is InChI=1S/C21H22ClNO5/c1-3-5-15-8-9-18(19(11-15)26-2)27-14-21(25)28-13-20(24)23-12-16-6-4-7-17(22)10-16/h3-11H,12-14H2,1-2H3,(H,23,24)/b5-3+. The lowest BCUT2D eigenvalue weighted by atomic mass is 10.2. The molecule has 0 aliphatic rings. The molecule has 1 N–H and O–H groups in total. The molecule has 0 saturated heterocycles. The van der Waals surface area contributed by atoms with Crippen molar-refractivity contribution in [2.24, 2.45) is 0 Å². The summed E-state index contributed by atoms with van der Waals surface area (Å²) in [5.41, 5.74) is 1.80. The smallest absolute Gasteiger partial charge is 0.344 e. The minimum atomic E-state index is -0.655. The summed E-state index contributed by atoms with van der Waals surface area (Å²) in [6, 6.07) is 12.5. The number of benzene rings is 2. The Hall–Kier alpha value is -2.99. The summed E-state index contributed by atoms with van der Waals surface area (Å²) in [5, 5.41) is 3.24. The van der Waals surface area contributed by atoms with Crippen molar-refractivity contribution in [3.63, 3.8) is 0 Å². The molecule has 6 nitrogen and oxygen atoms in total. The second-order valence-electron chi connectivity index (χ2n) is 5.77. The highest BCUT2D eigenvalue weighted by atomic mass is 35.5. The van der Waals surface area contributed by atoms with Gasteiger partial charge in [-0.25, -0.2) is 4.79 Å². The molecule has 2 rings (SSSR count). The van der Waals surface area contributed by atoms with Crippen molar-refractivity contribution in [2.75, 3.05) is 20.3 Å². The van der Waals surface area contributed by atoms with Gasteiger partial charge in [-0.3, -0.25) is 4.79 Å². The van der Waals surface area contributed by atoms with Crippen LogP contribution in [0, 0.1) is 0 Å². The van der Waals surface area contributed by atoms with Crippen molar-refractivity contribution in [1.29, 1.82) is 0 Å². The Bertz CT molecular complexity index is 850. The zero-order valence-electron chi connectivity index (χ0n) is 15.7. The number of hydrogen-bond donors (Lipinski definition) is 1. The highest BCUT2D eigenvalue weighted by molar-refractivity contribution is 6.30. The van der Waals surface area contributed by atoms with E-state index in [2.05, 4.69) is 5.32 Å². The fourth-order valence-electron chi connectivity index (χ4n) is 2.32. The summed E-state index contributed by atoms with van der Waals surface area (Å²) in [4.78, 5) is 23.6. The summed E-state index contributed by atoms with van der Waals surface area (Å²) >= 11 is 5.89. The van der Waals surface area contributed by atoms with E-state index in [0.29, 0.717) is 23.1 Å². The number of hydrogen-bond acceptors (Lipinski definition) is 5. The van der Waals surface area contributed by atoms with Crippen LogP contribution in [-0.4, -0.2) is 32.2 Å². The average molecular weight is 404 g/mol. The molecule has 0 atom stereocenters. The molecular formula is C21H22ClNO5. The number of rotatable bonds is 9. The fourth-order valence-corrected chi connectivity index (χ4v) is 2.54. The van der Waals surface area contributed by atoms with Gasteiger partial charge in [0.25, 0.3) is 5.91 Å². The molecule has 7 heteroatoms. The maximum absolute atomic E-state index is 11.8. The number of esters is 1. The summed E-state index contributed by atoms with van der Waals surface area (Å²) in [6.07, 6.45) is 3.83. The van der Waals surface area contributed by atoms with Crippen molar-refractivity contribution in [2.45, 2.75) is 13.5 Å². The molecule has 28 heavy (non-hydrogen) atoms. The first-order valence-electron chi connectivity index (χ1n) is 8.62. The molecule has 0 bridgehead atoms. The number of methoxy groups -OCH3 is 1. The lowest BCUT2D eigenvalue weighted by Gasteiger charge is -2.11. The zero-order valence-corrected chi connectivity index (χ0v) is 16.5. The molecule has 0 aliphatic carbocycles. The number of nitrogens with one attached hydrogen (secondary N) is 1. The monoisotopic (exact) mass is 403 g/mol. The van der Waals surface area contributed by atoms with Gasteiger partial charge in [0, 0.05) is 11.6 Å². The van der Waals surface area contributed by atoms with Crippen LogP contribution >= 0.6 is 11.6 Å². The van der Waals surface area contributed by atoms with Crippen molar-refractivity contribution < 1.29 is 23.8 Å². The van der Waals surface area contributed by atoms with Crippen molar-refractivity contribution in [1.82, 2.24) is 5.32 Å². The fraction of sp³-hybridized carbons (Fsp3) is 0.238. The van der Waals surface area contributed by atoms with E-state index in [9.17, 15) is 9.59 Å². The van der Waals surface area contributed by atoms with Gasteiger partial charge in [0.1, 0.15) is 0 Å². The van der Waals surface area contributed by atoms with E-state index in [4.69, 9.17) is 25.8 Å². The predicted octanol–water partition coefficient (Wildman–Crippen LogP) is 3.62. The predicted molar refractivity (Wildman–Crippen MR) is 107 cm³/mol. The number of carbonyl (C=O) groups is 2. The van der Waals surface area contributed by atoms with E-state index in [-0.39, 0.29) is 13.2 Å². The Morgan fingerprint density at radius 1 is 1.11 bits per heavy atom. The van der Waals surface area contributed by atoms with Crippen molar-refractivity contribution in [3.05, 3.63) is 64.7 Å². The summed E-state index contributed by atoms with van der Waals surface area (Å²) in [7, 11) is 1.52. The van der Waals surface area contributed by atoms with E-state index in [1.807, 2.05) is 31.2 Å². The SMILES string of the molecule is C/C=C/c1ccc(OCC(=O)OCC(=O)NCc2cccc(Cl)c2)c(OC)c1. The third-order valence-electron chi connectivity index (χ3n) is 3.64. The van der Waals surface area contributed by atoms with Gasteiger partial charge in [-0.15, -0.1) is 0 Å². The van der Waals surface area contributed by atoms with Crippen LogP contribution in [0.25, 0.3) is 6.08 Å². The molecule has 148 valence electrons. The maximum atomic E-state index is 11.8. The van der Waals surface area contributed by atoms with E-state index in [0.717, 1.165) is 11.1 Å². The maximum Gasteiger partial charge on any atom is 0.344 e. The molecule has 0 aliphatic heterocycles. The van der Waals surface area contributed by atoms with Crippen LogP contribution < -0.4 is 14.8 Å². The Morgan fingerprint density at radius 2 is 1.93 bits per heavy atom. The minimum absolute atomic E-state index is 0.295. The van der Waals surface area contributed by atoms with Crippen molar-refractivity contribution >= 4 is 29.6 Å². The molecule has 0 unspecified atom stereocenters. The third kappa shape index (κ3) is 6.96. The van der Waals surface area contributed by atoms with E-state index >= 15 is 0 Å². The van der Waals surface area contributed by atoms with E-state index < -0.39 is 11.9 Å². The van der Waals surface area contributed by atoms with Crippen LogP contribution in [0.2, 0.25) is 5.02 Å². The largest absolute Gasteiger partial charge is 0.493 e. The molecular weight excluding hydrogens is 382 g/mol. The molecule has 0 saturated carbocycles.